The van der Waals surface area contributed by atoms with Gasteiger partial charge in [-0.15, -0.1) is 0 Å². The van der Waals surface area contributed by atoms with Crippen LogP contribution < -0.4 is 4.73 Å². The number of rotatable bonds is 2. The number of esters is 1. The molecule has 0 N–H and O–H groups in total. The SMILES string of the molecule is CCOC(=O)CC.[O-][n+]1ccsc1. The quantitative estimate of drug-likeness (QED) is 0.414. The van der Waals surface area contributed by atoms with Crippen LogP contribution in [-0.4, -0.2) is 12.6 Å². The number of aromatic nitrogens is 1. The molecule has 0 aliphatic rings. The lowest BCUT2D eigenvalue weighted by atomic mass is 10.5. The van der Waals surface area contributed by atoms with Crippen molar-refractivity contribution in [2.75, 3.05) is 6.61 Å². The van der Waals surface area contributed by atoms with Crippen LogP contribution in [0.3, 0.4) is 0 Å². The Kier molecular flexibility index (Phi) is 6.91. The lowest BCUT2D eigenvalue weighted by molar-refractivity contribution is -0.599. The third kappa shape index (κ3) is 7.27. The van der Waals surface area contributed by atoms with Crippen molar-refractivity contribution < 1.29 is 14.3 Å². The molecule has 74 valence electrons. The number of ether oxygens (including phenoxy) is 1. The first-order valence-corrected chi connectivity index (χ1v) is 4.91. The van der Waals surface area contributed by atoms with Gasteiger partial charge in [-0.05, 0) is 6.92 Å². The van der Waals surface area contributed by atoms with E-state index < -0.39 is 0 Å². The van der Waals surface area contributed by atoms with Crippen LogP contribution in [0.5, 0.6) is 0 Å². The van der Waals surface area contributed by atoms with Crippen molar-refractivity contribution in [3.05, 3.63) is 22.3 Å². The van der Waals surface area contributed by atoms with Crippen molar-refractivity contribution in [1.29, 1.82) is 0 Å². The predicted molar refractivity (Wildman–Crippen MR) is 50.2 cm³/mol. The number of thiazole rings is 1. The van der Waals surface area contributed by atoms with E-state index in [9.17, 15) is 10.0 Å². The van der Waals surface area contributed by atoms with E-state index in [-0.39, 0.29) is 5.97 Å². The van der Waals surface area contributed by atoms with Gasteiger partial charge in [0.25, 0.3) is 0 Å². The van der Waals surface area contributed by atoms with E-state index in [2.05, 4.69) is 4.74 Å². The zero-order valence-electron chi connectivity index (χ0n) is 7.73. The number of nitrogens with zero attached hydrogens (tertiary/aromatic N) is 1. The Labute approximate surface area is 81.4 Å². The summed E-state index contributed by atoms with van der Waals surface area (Å²) in [4.78, 5) is 10.2. The van der Waals surface area contributed by atoms with Gasteiger partial charge in [0.1, 0.15) is 0 Å². The summed E-state index contributed by atoms with van der Waals surface area (Å²) in [6.45, 7) is 4.07. The molecule has 1 heterocycles. The molecule has 0 amide bonds. The van der Waals surface area contributed by atoms with Crippen LogP contribution in [0.25, 0.3) is 0 Å². The van der Waals surface area contributed by atoms with E-state index in [1.165, 1.54) is 23.0 Å². The lowest BCUT2D eigenvalue weighted by Gasteiger charge is -1.93. The van der Waals surface area contributed by atoms with Gasteiger partial charge in [0, 0.05) is 6.42 Å². The minimum absolute atomic E-state index is 0.123. The molecule has 5 heteroatoms. The van der Waals surface area contributed by atoms with Crippen molar-refractivity contribution >= 4 is 17.3 Å². The maximum atomic E-state index is 10.2. The molecule has 4 nitrogen and oxygen atoms in total. The maximum Gasteiger partial charge on any atom is 0.305 e. The number of hydrogen-bond acceptors (Lipinski definition) is 4. The molecule has 0 aliphatic carbocycles. The van der Waals surface area contributed by atoms with Gasteiger partial charge in [0.05, 0.1) is 12.0 Å². The monoisotopic (exact) mass is 203 g/mol. The molecule has 1 aromatic heterocycles. The van der Waals surface area contributed by atoms with E-state index in [1.54, 1.807) is 19.2 Å². The summed E-state index contributed by atoms with van der Waals surface area (Å²) in [6.07, 6.45) is 1.94. The summed E-state index contributed by atoms with van der Waals surface area (Å²) in [6, 6.07) is 0. The molecule has 0 saturated heterocycles. The highest BCUT2D eigenvalue weighted by molar-refractivity contribution is 7.07. The molecule has 0 radical (unpaired) electrons. The summed E-state index contributed by atoms with van der Waals surface area (Å²) in [5, 5.41) is 11.7. The Morgan fingerprint density at radius 3 is 2.46 bits per heavy atom. The average molecular weight is 203 g/mol. The fraction of sp³-hybridized carbons (Fsp3) is 0.500. The molecule has 1 rings (SSSR count). The Bertz CT molecular complexity index is 223. The summed E-state index contributed by atoms with van der Waals surface area (Å²) >= 11 is 1.39. The highest BCUT2D eigenvalue weighted by Gasteiger charge is 1.91. The Morgan fingerprint density at radius 1 is 1.62 bits per heavy atom. The van der Waals surface area contributed by atoms with E-state index in [4.69, 9.17) is 0 Å². The zero-order valence-corrected chi connectivity index (χ0v) is 8.54. The van der Waals surface area contributed by atoms with Gasteiger partial charge in [-0.2, -0.15) is 4.73 Å². The first-order valence-electron chi connectivity index (χ1n) is 3.97. The van der Waals surface area contributed by atoms with Crippen LogP contribution >= 0.6 is 11.3 Å². The third-order valence-corrected chi connectivity index (χ3v) is 1.65. The van der Waals surface area contributed by atoms with Gasteiger partial charge < -0.3 is 9.94 Å². The molecule has 1 aromatic rings. The lowest BCUT2D eigenvalue weighted by Crippen LogP contribution is -2.19. The van der Waals surface area contributed by atoms with E-state index in [0.29, 0.717) is 13.0 Å². The summed E-state index contributed by atoms with van der Waals surface area (Å²) < 4.78 is 5.32. The number of hydrogen-bond donors (Lipinski definition) is 0. The minimum atomic E-state index is -0.123. The molecule has 0 atom stereocenters. The van der Waals surface area contributed by atoms with E-state index >= 15 is 0 Å². The van der Waals surface area contributed by atoms with Crippen LogP contribution in [-0.2, 0) is 9.53 Å². The first-order chi connectivity index (χ1) is 6.20. The van der Waals surface area contributed by atoms with Gasteiger partial charge >= 0.3 is 5.97 Å². The van der Waals surface area contributed by atoms with Gasteiger partial charge in [-0.3, -0.25) is 4.79 Å². The first kappa shape index (κ1) is 11.9. The standard InChI is InChI=1S/C5H10O2.C3H3NOS/c1-3-5(6)7-4-2;5-4-1-2-6-3-4/h3-4H2,1-2H3;1-3H. The van der Waals surface area contributed by atoms with Crippen molar-refractivity contribution in [1.82, 2.24) is 0 Å². The zero-order chi connectivity index (χ0) is 10.1. The van der Waals surface area contributed by atoms with Gasteiger partial charge in [-0.25, -0.2) is 0 Å². The predicted octanol–water partition coefficient (Wildman–Crippen LogP) is 1.34. The number of carbonyl (C=O) groups excluding carboxylic acids is 1. The second-order valence-corrected chi connectivity index (χ2v) is 2.80. The molecule has 0 aromatic carbocycles. The van der Waals surface area contributed by atoms with Gasteiger partial charge in [0.15, 0.2) is 6.20 Å². The Balaban J connectivity index is 0.000000223. The fourth-order valence-electron chi connectivity index (χ4n) is 0.488. The normalized spacial score (nSPS) is 8.46. The molecule has 13 heavy (non-hydrogen) atoms. The van der Waals surface area contributed by atoms with Crippen LogP contribution in [0.1, 0.15) is 20.3 Å². The van der Waals surface area contributed by atoms with Crippen LogP contribution in [0, 0.1) is 5.21 Å². The average Bonchev–Trinajstić information content (AvgIpc) is 2.57. The van der Waals surface area contributed by atoms with Crippen molar-refractivity contribution in [2.24, 2.45) is 0 Å². The smallest absolute Gasteiger partial charge is 0.305 e. The molecule has 0 unspecified atom stereocenters. The minimum Gasteiger partial charge on any atom is -0.618 e. The van der Waals surface area contributed by atoms with Crippen molar-refractivity contribution in [2.45, 2.75) is 20.3 Å². The second-order valence-electron chi connectivity index (χ2n) is 2.05. The summed E-state index contributed by atoms with van der Waals surface area (Å²) in [7, 11) is 0. The van der Waals surface area contributed by atoms with Crippen LogP contribution in [0.4, 0.5) is 0 Å². The third-order valence-electron chi connectivity index (χ3n) is 1.05. The molecule has 0 spiro atoms. The van der Waals surface area contributed by atoms with Crippen molar-refractivity contribution in [3.63, 3.8) is 0 Å². The number of carbonyl (C=O) groups is 1. The second kappa shape index (κ2) is 7.54. The summed E-state index contributed by atoms with van der Waals surface area (Å²) in [5.74, 6) is -0.123. The largest absolute Gasteiger partial charge is 0.618 e. The van der Waals surface area contributed by atoms with Gasteiger partial charge in [-0.1, -0.05) is 18.3 Å². The molecular formula is C8H13NO3S. The highest BCUT2D eigenvalue weighted by Crippen LogP contribution is 1.84. The Hall–Kier alpha value is -1.10. The topological polar surface area (TPSA) is 53.2 Å². The van der Waals surface area contributed by atoms with Crippen molar-refractivity contribution in [3.8, 4) is 0 Å². The highest BCUT2D eigenvalue weighted by atomic mass is 32.1. The fourth-order valence-corrected chi connectivity index (χ4v) is 0.939. The van der Waals surface area contributed by atoms with Gasteiger partial charge in [0.2, 0.25) is 5.51 Å². The molecule has 0 aliphatic heterocycles. The maximum absolute atomic E-state index is 10.2. The Morgan fingerprint density at radius 2 is 2.31 bits per heavy atom. The molecule has 0 bridgehead atoms. The van der Waals surface area contributed by atoms with Crippen LogP contribution in [0.2, 0.25) is 0 Å². The van der Waals surface area contributed by atoms with Crippen LogP contribution in [0.15, 0.2) is 17.1 Å². The molecule has 0 fully saturated rings. The van der Waals surface area contributed by atoms with E-state index in [1.807, 2.05) is 0 Å². The van der Waals surface area contributed by atoms with E-state index in [0.717, 1.165) is 4.73 Å². The molecule has 0 saturated carbocycles. The molecular weight excluding hydrogens is 190 g/mol. The summed E-state index contributed by atoms with van der Waals surface area (Å²) in [5.41, 5.74) is 1.49.